The van der Waals surface area contributed by atoms with Gasteiger partial charge in [0.2, 0.25) is 5.03 Å². The molecular weight excluding hydrogens is 287 g/mol. The van der Waals surface area contributed by atoms with Crippen LogP contribution in [0, 0.1) is 11.2 Å². The predicted octanol–water partition coefficient (Wildman–Crippen LogP) is 1.14. The van der Waals surface area contributed by atoms with Gasteiger partial charge >= 0.3 is 5.97 Å². The average Bonchev–Trinajstić information content (AvgIpc) is 2.32. The fraction of sp³-hybridized carbons (Fsp3) is 0.500. The highest BCUT2D eigenvalue weighted by Crippen LogP contribution is 2.43. The second-order valence-corrected chi connectivity index (χ2v) is 6.72. The van der Waals surface area contributed by atoms with E-state index in [1.807, 2.05) is 0 Å². The molecule has 1 aromatic heterocycles. The molecule has 1 aliphatic carbocycles. The summed E-state index contributed by atoms with van der Waals surface area (Å²) in [6, 6.07) is 2.31. The molecule has 0 aliphatic heterocycles. The van der Waals surface area contributed by atoms with Crippen molar-refractivity contribution in [3.05, 3.63) is 24.1 Å². The lowest BCUT2D eigenvalue weighted by Crippen LogP contribution is -2.43. The van der Waals surface area contributed by atoms with Crippen LogP contribution in [0.15, 0.2) is 23.4 Å². The van der Waals surface area contributed by atoms with Gasteiger partial charge in [-0.1, -0.05) is 6.42 Å². The summed E-state index contributed by atoms with van der Waals surface area (Å²) in [4.78, 5) is 14.3. The van der Waals surface area contributed by atoms with Crippen LogP contribution in [0.5, 0.6) is 0 Å². The first kappa shape index (κ1) is 14.9. The minimum absolute atomic E-state index is 0.0162. The highest BCUT2D eigenvalue weighted by molar-refractivity contribution is 7.89. The zero-order chi connectivity index (χ0) is 14.8. The van der Waals surface area contributed by atoms with Crippen molar-refractivity contribution in [3.8, 4) is 0 Å². The van der Waals surface area contributed by atoms with Gasteiger partial charge in [0.25, 0.3) is 10.0 Å². The molecule has 6 nitrogen and oxygen atoms in total. The zero-order valence-corrected chi connectivity index (χ0v) is 11.5. The molecular formula is C12H15FN2O4S. The second kappa shape index (κ2) is 5.45. The molecule has 1 aromatic rings. The van der Waals surface area contributed by atoms with Crippen LogP contribution in [0.4, 0.5) is 4.39 Å². The number of nitrogens with one attached hydrogen (secondary N) is 1. The summed E-state index contributed by atoms with van der Waals surface area (Å²) in [7, 11) is -4.07. The van der Waals surface area contributed by atoms with Gasteiger partial charge in [-0.2, -0.15) is 0 Å². The smallest absolute Gasteiger partial charge is 0.303 e. The number of hydrogen-bond donors (Lipinski definition) is 2. The van der Waals surface area contributed by atoms with Gasteiger partial charge < -0.3 is 5.11 Å². The highest BCUT2D eigenvalue weighted by Gasteiger charge is 2.40. The van der Waals surface area contributed by atoms with Crippen molar-refractivity contribution in [1.82, 2.24) is 9.71 Å². The number of rotatable bonds is 6. The van der Waals surface area contributed by atoms with E-state index in [9.17, 15) is 17.6 Å². The van der Waals surface area contributed by atoms with E-state index in [1.165, 1.54) is 12.3 Å². The Bertz CT molecular complexity index is 614. The third kappa shape index (κ3) is 3.13. The van der Waals surface area contributed by atoms with Crippen LogP contribution in [0.25, 0.3) is 0 Å². The molecule has 0 aromatic carbocycles. The number of carbonyl (C=O) groups is 1. The molecule has 0 amide bonds. The normalized spacial score (nSPS) is 17.4. The van der Waals surface area contributed by atoms with Gasteiger partial charge in [-0.25, -0.2) is 22.5 Å². The standard InChI is InChI=1S/C12H15FN2O4S/c13-9-3-1-6-14-11(9)20(18,19)15-8-12(4-2-5-12)7-10(16)17/h1,3,6,15H,2,4-5,7-8H2,(H,16,17). The van der Waals surface area contributed by atoms with E-state index in [1.54, 1.807) is 0 Å². The SMILES string of the molecule is O=C(O)CC1(CNS(=O)(=O)c2ncccc2F)CCC1. The van der Waals surface area contributed by atoms with E-state index >= 15 is 0 Å². The molecule has 20 heavy (non-hydrogen) atoms. The van der Waals surface area contributed by atoms with Crippen molar-refractivity contribution in [1.29, 1.82) is 0 Å². The van der Waals surface area contributed by atoms with Crippen LogP contribution in [-0.2, 0) is 14.8 Å². The Morgan fingerprint density at radius 2 is 2.20 bits per heavy atom. The summed E-state index contributed by atoms with van der Waals surface area (Å²) < 4.78 is 39.6. The Morgan fingerprint density at radius 3 is 2.70 bits per heavy atom. The molecule has 1 heterocycles. The first-order valence-electron chi connectivity index (χ1n) is 6.17. The lowest BCUT2D eigenvalue weighted by Gasteiger charge is -2.40. The van der Waals surface area contributed by atoms with E-state index in [-0.39, 0.29) is 13.0 Å². The summed E-state index contributed by atoms with van der Waals surface area (Å²) in [5, 5.41) is 8.19. The summed E-state index contributed by atoms with van der Waals surface area (Å²) in [6.45, 7) is -0.0162. The summed E-state index contributed by atoms with van der Waals surface area (Å²) in [5.74, 6) is -1.89. The average molecular weight is 302 g/mol. The summed E-state index contributed by atoms with van der Waals surface area (Å²) in [5.41, 5.74) is -0.565. The predicted molar refractivity (Wildman–Crippen MR) is 67.9 cm³/mol. The minimum atomic E-state index is -4.07. The van der Waals surface area contributed by atoms with Crippen LogP contribution in [0.2, 0.25) is 0 Å². The number of carboxylic acid groups (broad SMARTS) is 1. The second-order valence-electron chi connectivity index (χ2n) is 5.04. The summed E-state index contributed by atoms with van der Waals surface area (Å²) in [6.07, 6.45) is 3.25. The third-order valence-corrected chi connectivity index (χ3v) is 4.89. The first-order valence-corrected chi connectivity index (χ1v) is 7.65. The fourth-order valence-corrected chi connectivity index (χ4v) is 3.46. The number of carboxylic acids is 1. The van der Waals surface area contributed by atoms with Crippen LogP contribution in [-0.4, -0.2) is 31.0 Å². The van der Waals surface area contributed by atoms with Gasteiger partial charge in [0, 0.05) is 12.7 Å². The van der Waals surface area contributed by atoms with E-state index < -0.39 is 32.3 Å². The fourth-order valence-electron chi connectivity index (χ4n) is 2.30. The zero-order valence-electron chi connectivity index (χ0n) is 10.7. The molecule has 1 fully saturated rings. The molecule has 1 saturated carbocycles. The first-order chi connectivity index (χ1) is 9.35. The van der Waals surface area contributed by atoms with Crippen LogP contribution in [0.3, 0.4) is 0 Å². The molecule has 110 valence electrons. The molecule has 0 saturated heterocycles. The van der Waals surface area contributed by atoms with E-state index in [2.05, 4.69) is 9.71 Å². The molecule has 2 N–H and O–H groups in total. The van der Waals surface area contributed by atoms with Gasteiger partial charge in [0.1, 0.15) is 0 Å². The van der Waals surface area contributed by atoms with Gasteiger partial charge in [-0.3, -0.25) is 4.79 Å². The number of nitrogens with zero attached hydrogens (tertiary/aromatic N) is 1. The van der Waals surface area contributed by atoms with Gasteiger partial charge in [0.05, 0.1) is 6.42 Å². The molecule has 0 atom stereocenters. The maximum Gasteiger partial charge on any atom is 0.303 e. The monoisotopic (exact) mass is 302 g/mol. The van der Waals surface area contributed by atoms with E-state index in [0.29, 0.717) is 12.8 Å². The van der Waals surface area contributed by atoms with E-state index in [0.717, 1.165) is 12.5 Å². The Hall–Kier alpha value is -1.54. The number of aliphatic carboxylic acids is 1. The highest BCUT2D eigenvalue weighted by atomic mass is 32.2. The third-order valence-electron chi connectivity index (χ3n) is 3.56. The molecule has 8 heteroatoms. The van der Waals surface area contributed by atoms with Crippen molar-refractivity contribution in [2.45, 2.75) is 30.7 Å². The molecule has 0 bridgehead atoms. The van der Waals surface area contributed by atoms with Crippen molar-refractivity contribution >= 4 is 16.0 Å². The molecule has 2 rings (SSSR count). The van der Waals surface area contributed by atoms with Crippen molar-refractivity contribution in [2.75, 3.05) is 6.54 Å². The molecule has 1 aliphatic rings. The number of halogens is 1. The minimum Gasteiger partial charge on any atom is -0.481 e. The van der Waals surface area contributed by atoms with Gasteiger partial charge in [0.15, 0.2) is 5.82 Å². The van der Waals surface area contributed by atoms with Crippen molar-refractivity contribution in [3.63, 3.8) is 0 Å². The summed E-state index contributed by atoms with van der Waals surface area (Å²) >= 11 is 0. The largest absolute Gasteiger partial charge is 0.481 e. The van der Waals surface area contributed by atoms with Gasteiger partial charge in [-0.15, -0.1) is 0 Å². The molecule has 0 unspecified atom stereocenters. The van der Waals surface area contributed by atoms with Crippen molar-refractivity contribution < 1.29 is 22.7 Å². The topological polar surface area (TPSA) is 96.4 Å². The van der Waals surface area contributed by atoms with Crippen LogP contribution < -0.4 is 4.72 Å². The Labute approximate surface area is 116 Å². The molecule has 0 spiro atoms. The van der Waals surface area contributed by atoms with E-state index in [4.69, 9.17) is 5.11 Å². The van der Waals surface area contributed by atoms with Crippen LogP contribution in [0.1, 0.15) is 25.7 Å². The Balaban J connectivity index is 2.10. The van der Waals surface area contributed by atoms with Crippen LogP contribution >= 0.6 is 0 Å². The lowest BCUT2D eigenvalue weighted by molar-refractivity contribution is -0.141. The number of sulfonamides is 1. The number of hydrogen-bond acceptors (Lipinski definition) is 4. The maximum absolute atomic E-state index is 13.4. The number of pyridine rings is 1. The lowest BCUT2D eigenvalue weighted by atomic mass is 9.67. The Morgan fingerprint density at radius 1 is 1.50 bits per heavy atom. The molecule has 0 radical (unpaired) electrons. The number of aromatic nitrogens is 1. The quantitative estimate of drug-likeness (QED) is 0.821. The Kier molecular flexibility index (Phi) is 4.05. The van der Waals surface area contributed by atoms with Gasteiger partial charge in [-0.05, 0) is 30.4 Å². The maximum atomic E-state index is 13.4. The van der Waals surface area contributed by atoms with Crippen molar-refractivity contribution in [2.24, 2.45) is 5.41 Å².